The fraction of sp³-hybridized carbons (Fsp3) is 0.550. The maximum absolute atomic E-state index is 5.38. The molecular formula is C20H30N6OS. The van der Waals surface area contributed by atoms with E-state index in [1.807, 2.05) is 6.07 Å². The molecule has 0 saturated carbocycles. The highest BCUT2D eigenvalue weighted by molar-refractivity contribution is 7.09. The van der Waals surface area contributed by atoms with Crippen LogP contribution in [0.5, 0.6) is 5.75 Å². The minimum absolute atomic E-state index is 0.636. The normalized spacial score (nSPS) is 15.1. The molecule has 1 aromatic carbocycles. The first kappa shape index (κ1) is 20.4. The molecule has 28 heavy (non-hydrogen) atoms. The number of rotatable bonds is 6. The Labute approximate surface area is 171 Å². The summed E-state index contributed by atoms with van der Waals surface area (Å²) in [6, 6.07) is 6.25. The number of aryl methyl sites for hydroxylation is 2. The summed E-state index contributed by atoms with van der Waals surface area (Å²) in [5, 5.41) is 4.47. The van der Waals surface area contributed by atoms with Crippen molar-refractivity contribution in [2.45, 2.75) is 33.7 Å². The predicted octanol–water partition coefficient (Wildman–Crippen LogP) is 2.71. The van der Waals surface area contributed by atoms with Gasteiger partial charge in [-0.25, -0.2) is 9.98 Å². The highest BCUT2D eigenvalue weighted by Gasteiger charge is 2.22. The molecule has 2 aromatic rings. The smallest absolute Gasteiger partial charge is 0.205 e. The molecule has 1 aromatic heterocycles. The van der Waals surface area contributed by atoms with Gasteiger partial charge in [0.2, 0.25) is 5.13 Å². The highest BCUT2D eigenvalue weighted by Crippen LogP contribution is 2.20. The molecule has 0 bridgehead atoms. The Morgan fingerprint density at radius 2 is 2.00 bits per heavy atom. The lowest BCUT2D eigenvalue weighted by Crippen LogP contribution is -2.52. The average molecular weight is 403 g/mol. The third-order valence-corrected chi connectivity index (χ3v) is 5.53. The summed E-state index contributed by atoms with van der Waals surface area (Å²) in [7, 11) is 1.70. The summed E-state index contributed by atoms with van der Waals surface area (Å²) in [6.07, 6.45) is 0.886. The lowest BCUT2D eigenvalue weighted by molar-refractivity contribution is 0.372. The molecule has 0 atom stereocenters. The Balaban J connectivity index is 1.64. The van der Waals surface area contributed by atoms with Gasteiger partial charge in [0, 0.05) is 50.7 Å². The molecule has 0 amide bonds. The summed E-state index contributed by atoms with van der Waals surface area (Å²) in [5.74, 6) is 2.78. The largest absolute Gasteiger partial charge is 0.497 e. The van der Waals surface area contributed by atoms with E-state index < -0.39 is 0 Å². The number of anilines is 1. The molecule has 1 N–H and O–H groups in total. The molecule has 0 unspecified atom stereocenters. The van der Waals surface area contributed by atoms with Crippen molar-refractivity contribution >= 4 is 22.6 Å². The highest BCUT2D eigenvalue weighted by atomic mass is 32.1. The van der Waals surface area contributed by atoms with Crippen molar-refractivity contribution in [3.63, 3.8) is 0 Å². The maximum atomic E-state index is 5.38. The first-order chi connectivity index (χ1) is 13.6. The van der Waals surface area contributed by atoms with Crippen LogP contribution in [0.15, 0.2) is 23.2 Å². The average Bonchev–Trinajstić information content (AvgIpc) is 3.20. The zero-order chi connectivity index (χ0) is 19.9. The molecular weight excluding hydrogens is 372 g/mol. The van der Waals surface area contributed by atoms with Gasteiger partial charge >= 0.3 is 0 Å². The van der Waals surface area contributed by atoms with E-state index in [0.29, 0.717) is 6.54 Å². The van der Waals surface area contributed by atoms with Gasteiger partial charge < -0.3 is 19.9 Å². The monoisotopic (exact) mass is 402 g/mol. The first-order valence-corrected chi connectivity index (χ1v) is 10.7. The van der Waals surface area contributed by atoms with Crippen LogP contribution in [-0.4, -0.2) is 60.1 Å². The van der Waals surface area contributed by atoms with Gasteiger partial charge in [-0.1, -0.05) is 13.0 Å². The summed E-state index contributed by atoms with van der Waals surface area (Å²) in [6.45, 7) is 11.5. The molecule has 1 saturated heterocycles. The van der Waals surface area contributed by atoms with Gasteiger partial charge in [0.15, 0.2) is 5.96 Å². The van der Waals surface area contributed by atoms with Gasteiger partial charge in [-0.05, 0) is 37.1 Å². The molecule has 0 spiro atoms. The molecule has 3 rings (SSSR count). The van der Waals surface area contributed by atoms with Crippen LogP contribution in [0.4, 0.5) is 5.13 Å². The number of piperazine rings is 1. The summed E-state index contributed by atoms with van der Waals surface area (Å²) < 4.78 is 9.79. The minimum Gasteiger partial charge on any atom is -0.497 e. The SMILES string of the molecule is CCNC(=NCc1cc(C)cc(OC)c1)N1CCN(c2nc(CC)ns2)CC1. The van der Waals surface area contributed by atoms with Gasteiger partial charge in [-0.15, -0.1) is 0 Å². The number of guanidine groups is 1. The summed E-state index contributed by atoms with van der Waals surface area (Å²) in [5.41, 5.74) is 2.35. The number of aliphatic imine (C=N–C) groups is 1. The number of hydrogen-bond donors (Lipinski definition) is 1. The Kier molecular flexibility index (Phi) is 7.08. The van der Waals surface area contributed by atoms with E-state index in [4.69, 9.17) is 9.73 Å². The number of benzene rings is 1. The minimum atomic E-state index is 0.636. The quantitative estimate of drug-likeness (QED) is 0.592. The van der Waals surface area contributed by atoms with Gasteiger partial charge in [0.05, 0.1) is 13.7 Å². The van der Waals surface area contributed by atoms with Crippen LogP contribution in [0, 0.1) is 6.92 Å². The van der Waals surface area contributed by atoms with E-state index in [-0.39, 0.29) is 0 Å². The van der Waals surface area contributed by atoms with Crippen LogP contribution in [0.3, 0.4) is 0 Å². The summed E-state index contributed by atoms with van der Waals surface area (Å²) >= 11 is 1.50. The third kappa shape index (κ3) is 5.13. The molecule has 152 valence electrons. The predicted molar refractivity (Wildman–Crippen MR) is 116 cm³/mol. The summed E-state index contributed by atoms with van der Waals surface area (Å²) in [4.78, 5) is 14.1. The number of ether oxygens (including phenoxy) is 1. The van der Waals surface area contributed by atoms with Gasteiger partial charge in [-0.2, -0.15) is 4.37 Å². The molecule has 1 aliphatic rings. The van der Waals surface area contributed by atoms with Crippen molar-refractivity contribution in [1.82, 2.24) is 19.6 Å². The fourth-order valence-electron chi connectivity index (χ4n) is 3.25. The second kappa shape index (κ2) is 9.73. The molecule has 0 aliphatic carbocycles. The number of hydrogen-bond acceptors (Lipinski definition) is 6. The fourth-order valence-corrected chi connectivity index (χ4v) is 4.05. The van der Waals surface area contributed by atoms with Crippen LogP contribution >= 0.6 is 11.5 Å². The third-order valence-electron chi connectivity index (χ3n) is 4.72. The van der Waals surface area contributed by atoms with Crippen LogP contribution in [0.2, 0.25) is 0 Å². The zero-order valence-corrected chi connectivity index (χ0v) is 18.1. The van der Waals surface area contributed by atoms with Crippen LogP contribution in [0.1, 0.15) is 30.8 Å². The molecule has 8 heteroatoms. The van der Waals surface area contributed by atoms with Crippen molar-refractivity contribution in [1.29, 1.82) is 0 Å². The Morgan fingerprint density at radius 1 is 1.21 bits per heavy atom. The second-order valence-corrected chi connectivity index (χ2v) is 7.58. The van der Waals surface area contributed by atoms with Gasteiger partial charge in [0.1, 0.15) is 11.6 Å². The van der Waals surface area contributed by atoms with Crippen molar-refractivity contribution in [3.05, 3.63) is 35.2 Å². The number of nitrogens with one attached hydrogen (secondary N) is 1. The van der Waals surface area contributed by atoms with Gasteiger partial charge in [-0.3, -0.25) is 0 Å². The lowest BCUT2D eigenvalue weighted by Gasteiger charge is -2.36. The molecule has 1 fully saturated rings. The standard InChI is InChI=1S/C20H30N6OS/c1-5-18-23-20(28-24-18)26-9-7-25(8-10-26)19(21-6-2)22-14-16-11-15(3)12-17(13-16)27-4/h11-13H,5-10,14H2,1-4H3,(H,21,22). The van der Waals surface area contributed by atoms with Gasteiger partial charge in [0.25, 0.3) is 0 Å². The lowest BCUT2D eigenvalue weighted by atomic mass is 10.1. The maximum Gasteiger partial charge on any atom is 0.205 e. The Bertz CT molecular complexity index is 798. The number of methoxy groups -OCH3 is 1. The van der Waals surface area contributed by atoms with E-state index in [0.717, 1.165) is 67.4 Å². The number of nitrogens with zero attached hydrogens (tertiary/aromatic N) is 5. The van der Waals surface area contributed by atoms with E-state index in [1.165, 1.54) is 17.1 Å². The Morgan fingerprint density at radius 3 is 2.64 bits per heavy atom. The van der Waals surface area contributed by atoms with Crippen molar-refractivity contribution in [2.24, 2.45) is 4.99 Å². The molecule has 1 aliphatic heterocycles. The topological polar surface area (TPSA) is 65.9 Å². The van der Waals surface area contributed by atoms with E-state index >= 15 is 0 Å². The Hall–Kier alpha value is -2.35. The van der Waals surface area contributed by atoms with E-state index in [1.54, 1.807) is 7.11 Å². The van der Waals surface area contributed by atoms with E-state index in [9.17, 15) is 0 Å². The van der Waals surface area contributed by atoms with Crippen molar-refractivity contribution in [3.8, 4) is 5.75 Å². The van der Waals surface area contributed by atoms with Crippen molar-refractivity contribution in [2.75, 3.05) is 44.7 Å². The second-order valence-electron chi connectivity index (χ2n) is 6.85. The van der Waals surface area contributed by atoms with Crippen molar-refractivity contribution < 1.29 is 4.74 Å². The van der Waals surface area contributed by atoms with E-state index in [2.05, 4.69) is 57.4 Å². The van der Waals surface area contributed by atoms with Crippen LogP contribution < -0.4 is 15.0 Å². The molecule has 0 radical (unpaired) electrons. The molecule has 7 nitrogen and oxygen atoms in total. The zero-order valence-electron chi connectivity index (χ0n) is 17.2. The van der Waals surface area contributed by atoms with Crippen LogP contribution in [-0.2, 0) is 13.0 Å². The number of aromatic nitrogens is 2. The molecule has 2 heterocycles. The first-order valence-electron chi connectivity index (χ1n) is 9.88. The van der Waals surface area contributed by atoms with Crippen LogP contribution in [0.25, 0.3) is 0 Å².